The van der Waals surface area contributed by atoms with E-state index in [-0.39, 0.29) is 6.61 Å². The Morgan fingerprint density at radius 3 is 1.96 bits per heavy atom. The molecule has 0 bridgehead atoms. The molecule has 14 N–H and O–H groups in total. The third kappa shape index (κ3) is 10.5. The van der Waals surface area contributed by atoms with Crippen molar-refractivity contribution in [2.75, 3.05) is 26.4 Å². The van der Waals surface area contributed by atoms with Gasteiger partial charge in [0.25, 0.3) is 5.79 Å². The molecule has 24 heteroatoms. The molecule has 4 aliphatic rings. The Labute approximate surface area is 326 Å². The van der Waals surface area contributed by atoms with E-state index in [0.29, 0.717) is 12.8 Å². The van der Waals surface area contributed by atoms with E-state index in [1.54, 1.807) is 0 Å². The quantitative estimate of drug-likeness (QED) is 0.0605. The third-order valence-corrected chi connectivity index (χ3v) is 10.3. The Balaban J connectivity index is 1.69. The first-order valence-corrected chi connectivity index (χ1v) is 18.6. The van der Waals surface area contributed by atoms with Gasteiger partial charge in [-0.25, -0.2) is 4.79 Å². The number of ether oxygens (including phenoxy) is 8. The molecule has 0 aromatic heterocycles. The summed E-state index contributed by atoms with van der Waals surface area (Å²) in [6.45, 7) is 1.36. The average molecular weight is 836 g/mol. The maximum Gasteiger partial charge on any atom is 0.364 e. The largest absolute Gasteiger partial charge is 0.477 e. The van der Waals surface area contributed by atoms with Gasteiger partial charge in [0.1, 0.15) is 85.5 Å². The normalized spacial score (nSPS) is 45.2. The highest BCUT2D eigenvalue weighted by atomic mass is 16.8. The van der Waals surface area contributed by atoms with E-state index in [0.717, 1.165) is 6.92 Å². The van der Waals surface area contributed by atoms with Crippen LogP contribution in [0.1, 0.15) is 40.0 Å². The van der Waals surface area contributed by atoms with Gasteiger partial charge in [0, 0.05) is 20.0 Å². The molecule has 0 aromatic rings. The number of carbonyl (C=O) groups is 2. The Morgan fingerprint density at radius 2 is 1.39 bits per heavy atom. The molecular weight excluding hydrogens is 778 g/mol. The molecule has 4 heterocycles. The Bertz CT molecular complexity index is 1290. The molecule has 0 radical (unpaired) electrons. The minimum atomic E-state index is -3.09. The number of unbranched alkanes of at least 4 members (excludes halogenated alkanes) is 1. The minimum Gasteiger partial charge on any atom is -0.477 e. The minimum absolute atomic E-state index is 0.0504. The standard InChI is InChI=1S/C33H57NO23/c1-4-5-6-50-29-24(47)28(25(16(10-37)53-29)54-30-22(45)21(44)18(41)11(2)51-30)55-31-23(46)27(20(43)15(9-36)52-31)57-33(32(48)49)7-13(39)17(34-12(3)38)26(56-33)19(42)14(40)8-35/h11,13-31,35-37,39-47H,4-10H2,1-3H3,(H,34,38)(H,48,49)/t11?,13-,14-,15?,16?,17-,18-,19-,20+,21+,22?,23+,24+,25-,26?,27?,28?,29-,30+,31+,33+/m1/s1. The van der Waals surface area contributed by atoms with Crippen LogP contribution in [0.2, 0.25) is 0 Å². The zero-order valence-electron chi connectivity index (χ0n) is 31.4. The molecule has 1 amide bonds. The summed E-state index contributed by atoms with van der Waals surface area (Å²) in [4.78, 5) is 24.8. The van der Waals surface area contributed by atoms with Crippen LogP contribution in [-0.2, 0) is 47.5 Å². The Morgan fingerprint density at radius 1 is 0.789 bits per heavy atom. The van der Waals surface area contributed by atoms with Gasteiger partial charge in [0.05, 0.1) is 38.1 Å². The van der Waals surface area contributed by atoms with Crippen molar-refractivity contribution in [2.24, 2.45) is 0 Å². The number of carboxylic acid groups (broad SMARTS) is 1. The van der Waals surface area contributed by atoms with E-state index in [4.69, 9.17) is 37.9 Å². The van der Waals surface area contributed by atoms with Crippen molar-refractivity contribution in [2.45, 2.75) is 168 Å². The van der Waals surface area contributed by atoms with Crippen LogP contribution in [0.3, 0.4) is 0 Å². The predicted octanol–water partition coefficient (Wildman–Crippen LogP) is -7.55. The van der Waals surface area contributed by atoms with E-state index in [1.165, 1.54) is 6.92 Å². The van der Waals surface area contributed by atoms with E-state index >= 15 is 0 Å². The van der Waals surface area contributed by atoms with Gasteiger partial charge in [-0.2, -0.15) is 0 Å². The number of aliphatic hydroxyl groups excluding tert-OH is 12. The first-order valence-electron chi connectivity index (χ1n) is 18.6. The monoisotopic (exact) mass is 835 g/mol. The lowest BCUT2D eigenvalue weighted by molar-refractivity contribution is -0.398. The fourth-order valence-electron chi connectivity index (χ4n) is 7.05. The van der Waals surface area contributed by atoms with Gasteiger partial charge in [-0.15, -0.1) is 0 Å². The van der Waals surface area contributed by atoms with E-state index in [9.17, 15) is 76.0 Å². The van der Waals surface area contributed by atoms with Crippen LogP contribution in [0.4, 0.5) is 0 Å². The lowest BCUT2D eigenvalue weighted by atomic mass is 9.88. The second-order valence-corrected chi connectivity index (χ2v) is 14.5. The summed E-state index contributed by atoms with van der Waals surface area (Å²) in [5.74, 6) is -5.86. The summed E-state index contributed by atoms with van der Waals surface area (Å²) in [7, 11) is 0. The Kier molecular flexibility index (Phi) is 17.3. The van der Waals surface area contributed by atoms with Gasteiger partial charge in [0.2, 0.25) is 5.91 Å². The van der Waals surface area contributed by atoms with Crippen LogP contribution in [0.15, 0.2) is 0 Å². The lowest BCUT2D eigenvalue weighted by Gasteiger charge is -2.51. The molecule has 21 atom stereocenters. The number of hydrogen-bond acceptors (Lipinski definition) is 22. The van der Waals surface area contributed by atoms with Crippen molar-refractivity contribution in [3.63, 3.8) is 0 Å². The third-order valence-electron chi connectivity index (χ3n) is 10.3. The molecule has 24 nitrogen and oxygen atoms in total. The highest BCUT2D eigenvalue weighted by Crippen LogP contribution is 2.39. The van der Waals surface area contributed by atoms with Crippen LogP contribution in [0, 0.1) is 0 Å². The van der Waals surface area contributed by atoms with Crippen LogP contribution >= 0.6 is 0 Å². The van der Waals surface area contributed by atoms with E-state index in [2.05, 4.69) is 5.32 Å². The zero-order chi connectivity index (χ0) is 42.5. The molecule has 0 aliphatic carbocycles. The molecule has 332 valence electrons. The molecule has 4 aliphatic heterocycles. The van der Waals surface area contributed by atoms with Crippen molar-refractivity contribution in [1.82, 2.24) is 5.32 Å². The summed E-state index contributed by atoms with van der Waals surface area (Å²) < 4.78 is 45.8. The number of aliphatic hydroxyl groups is 12. The molecule has 7 unspecified atom stereocenters. The maximum atomic E-state index is 12.9. The molecule has 57 heavy (non-hydrogen) atoms. The first kappa shape index (κ1) is 47.8. The number of amides is 1. The fourth-order valence-corrected chi connectivity index (χ4v) is 7.05. The summed E-state index contributed by atoms with van der Waals surface area (Å²) in [6, 6.07) is -1.58. The SMILES string of the molecule is CCCCO[C@@H]1OC(CO)[C@@H](O[C@@H]2OC(C)[C@@H](O)[C@H](O)C2O)C(O[C@@H]2OC(CO)[C@H](O)C(O[C@]3(C(=O)O)C[C@@H](O)[C@@H](NC(C)=O)C([C@H](O)[C@H](O)CO)O3)[C@@H]2O)[C@@H]1O. The van der Waals surface area contributed by atoms with Gasteiger partial charge in [-0.05, 0) is 13.3 Å². The van der Waals surface area contributed by atoms with Gasteiger partial charge in [-0.3, -0.25) is 4.79 Å². The first-order chi connectivity index (χ1) is 26.9. The molecule has 0 saturated carbocycles. The molecular formula is C33H57NO23. The number of aliphatic carboxylic acids is 1. The van der Waals surface area contributed by atoms with Crippen LogP contribution < -0.4 is 5.32 Å². The van der Waals surface area contributed by atoms with E-state index < -0.39 is 166 Å². The highest BCUT2D eigenvalue weighted by molar-refractivity contribution is 5.76. The maximum absolute atomic E-state index is 12.9. The Hall–Kier alpha value is -1.86. The van der Waals surface area contributed by atoms with Gasteiger partial charge >= 0.3 is 5.97 Å². The van der Waals surface area contributed by atoms with Crippen LogP contribution in [0.5, 0.6) is 0 Å². The topological polar surface area (TPSA) is 383 Å². The molecule has 4 saturated heterocycles. The van der Waals surface area contributed by atoms with Crippen molar-refractivity contribution >= 4 is 11.9 Å². The van der Waals surface area contributed by atoms with E-state index in [1.807, 2.05) is 6.92 Å². The van der Waals surface area contributed by atoms with Crippen LogP contribution in [0.25, 0.3) is 0 Å². The van der Waals surface area contributed by atoms with Gasteiger partial charge in [0.15, 0.2) is 18.9 Å². The molecule has 4 rings (SSSR count). The lowest BCUT2D eigenvalue weighted by Crippen LogP contribution is -2.71. The summed E-state index contributed by atoms with van der Waals surface area (Å²) >= 11 is 0. The predicted molar refractivity (Wildman–Crippen MR) is 180 cm³/mol. The van der Waals surface area contributed by atoms with Crippen molar-refractivity contribution in [3.05, 3.63) is 0 Å². The van der Waals surface area contributed by atoms with Gasteiger partial charge in [-0.1, -0.05) is 13.3 Å². The molecule has 4 fully saturated rings. The molecule has 0 spiro atoms. The fraction of sp³-hybridized carbons (Fsp3) is 0.939. The zero-order valence-corrected chi connectivity index (χ0v) is 31.4. The second kappa shape index (κ2) is 20.6. The average Bonchev–Trinajstić information content (AvgIpc) is 3.17. The number of hydrogen-bond donors (Lipinski definition) is 14. The summed E-state index contributed by atoms with van der Waals surface area (Å²) in [5.41, 5.74) is 0. The van der Waals surface area contributed by atoms with Crippen LogP contribution in [-0.4, -0.2) is 233 Å². The number of carboxylic acids is 1. The second-order valence-electron chi connectivity index (χ2n) is 14.5. The molecule has 0 aromatic carbocycles. The number of carbonyl (C=O) groups excluding carboxylic acids is 1. The number of rotatable bonds is 17. The summed E-state index contributed by atoms with van der Waals surface area (Å²) in [6.07, 6.45) is -34.7. The van der Waals surface area contributed by atoms with Crippen molar-refractivity contribution < 1.29 is 114 Å². The number of nitrogens with one attached hydrogen (secondary N) is 1. The smallest absolute Gasteiger partial charge is 0.364 e. The van der Waals surface area contributed by atoms with Crippen molar-refractivity contribution in [3.8, 4) is 0 Å². The van der Waals surface area contributed by atoms with Crippen molar-refractivity contribution in [1.29, 1.82) is 0 Å². The van der Waals surface area contributed by atoms with Gasteiger partial charge < -0.3 is 110 Å². The highest BCUT2D eigenvalue weighted by Gasteiger charge is 2.60. The summed E-state index contributed by atoms with van der Waals surface area (Å²) in [5, 5.41) is 140.